The first-order valence-electron chi connectivity index (χ1n) is 22.7. The van der Waals surface area contributed by atoms with E-state index in [1.807, 2.05) is 21.1 Å². The summed E-state index contributed by atoms with van der Waals surface area (Å²) in [6.45, 7) is 4.60. The molecule has 2 unspecified atom stereocenters. The number of unbranched alkanes of at least 4 members (excludes halogenated alkanes) is 19. The van der Waals surface area contributed by atoms with Crippen LogP contribution in [-0.2, 0) is 28.6 Å². The Morgan fingerprint density at radius 3 is 1.57 bits per heavy atom. The topological polar surface area (TPSA) is 99.1 Å². The van der Waals surface area contributed by atoms with Gasteiger partial charge in [0, 0.05) is 19.3 Å². The second-order valence-corrected chi connectivity index (χ2v) is 16.3. The summed E-state index contributed by atoms with van der Waals surface area (Å²) in [6.07, 6.45) is 45.8. The molecule has 0 amide bonds. The molecule has 8 heteroatoms. The minimum absolute atomic E-state index is 0.0516. The van der Waals surface area contributed by atoms with E-state index in [0.717, 1.165) is 77.0 Å². The van der Waals surface area contributed by atoms with Crippen molar-refractivity contribution >= 4 is 17.9 Å². The highest BCUT2D eigenvalue weighted by atomic mass is 16.6. The van der Waals surface area contributed by atoms with Crippen molar-refractivity contribution in [2.75, 3.05) is 41.0 Å². The van der Waals surface area contributed by atoms with Gasteiger partial charge in [0.2, 0.25) is 0 Å². The van der Waals surface area contributed by atoms with E-state index in [0.29, 0.717) is 19.3 Å². The first-order chi connectivity index (χ1) is 27.1. The molecule has 0 aliphatic heterocycles. The normalized spacial score (nSPS) is 13.4. The molecular formula is C48H86NO7+. The Kier molecular flexibility index (Phi) is 37.2. The molecule has 0 saturated heterocycles. The molecule has 0 radical (unpaired) electrons. The second kappa shape index (κ2) is 39.1. The van der Waals surface area contributed by atoms with Gasteiger partial charge in [0.1, 0.15) is 6.61 Å². The highest BCUT2D eigenvalue weighted by Crippen LogP contribution is 2.14. The zero-order valence-corrected chi connectivity index (χ0v) is 36.8. The fourth-order valence-electron chi connectivity index (χ4n) is 6.47. The van der Waals surface area contributed by atoms with E-state index in [1.165, 1.54) is 77.0 Å². The smallest absolute Gasteiger partial charge is 0.362 e. The Labute approximate surface area is 344 Å². The first-order valence-corrected chi connectivity index (χ1v) is 22.7. The number of nitrogens with zero attached hydrogens (tertiary/aromatic N) is 1. The molecule has 8 nitrogen and oxygen atoms in total. The van der Waals surface area contributed by atoms with E-state index >= 15 is 0 Å². The van der Waals surface area contributed by atoms with Crippen LogP contribution >= 0.6 is 0 Å². The summed E-state index contributed by atoms with van der Waals surface area (Å²) in [5.41, 5.74) is 0. The number of carboxylic acids is 1. The van der Waals surface area contributed by atoms with Crippen molar-refractivity contribution in [3.05, 3.63) is 48.6 Å². The molecule has 324 valence electrons. The Bertz CT molecular complexity index is 1060. The summed E-state index contributed by atoms with van der Waals surface area (Å²) in [5, 5.41) is 9.62. The molecule has 0 rings (SSSR count). The summed E-state index contributed by atoms with van der Waals surface area (Å²) >= 11 is 0. The highest BCUT2D eigenvalue weighted by molar-refractivity contribution is 5.72. The number of ether oxygens (including phenoxy) is 3. The van der Waals surface area contributed by atoms with Gasteiger partial charge in [-0.2, -0.15) is 0 Å². The largest absolute Gasteiger partial charge is 0.477 e. The zero-order chi connectivity index (χ0) is 41.4. The number of esters is 2. The molecule has 56 heavy (non-hydrogen) atoms. The van der Waals surface area contributed by atoms with Crippen molar-refractivity contribution in [3.63, 3.8) is 0 Å². The number of hydrogen-bond acceptors (Lipinski definition) is 6. The molecule has 1 N–H and O–H groups in total. The van der Waals surface area contributed by atoms with Crippen LogP contribution in [0, 0.1) is 0 Å². The number of hydrogen-bond donors (Lipinski definition) is 1. The van der Waals surface area contributed by atoms with Crippen LogP contribution in [0.4, 0.5) is 0 Å². The number of carboxylic acid groups (broad SMARTS) is 1. The lowest BCUT2D eigenvalue weighted by atomic mass is 10.1. The maximum absolute atomic E-state index is 12.7. The lowest BCUT2D eigenvalue weighted by Gasteiger charge is -2.31. The predicted octanol–water partition coefficient (Wildman–Crippen LogP) is 12.4. The van der Waals surface area contributed by atoms with E-state index in [4.69, 9.17) is 14.2 Å². The molecular weight excluding hydrogens is 703 g/mol. The van der Waals surface area contributed by atoms with Gasteiger partial charge in [-0.25, -0.2) is 4.79 Å². The third-order valence-electron chi connectivity index (χ3n) is 9.99. The molecule has 0 heterocycles. The molecule has 0 aliphatic rings. The van der Waals surface area contributed by atoms with Gasteiger partial charge in [0.05, 0.1) is 34.4 Å². The quantitative estimate of drug-likeness (QED) is 0.0217. The third kappa shape index (κ3) is 36.9. The van der Waals surface area contributed by atoms with E-state index in [-0.39, 0.29) is 36.2 Å². The SMILES string of the molecule is CC/C=C/C/C=C/CCCCCCCCCC(=O)OCC(COCCC(C(=O)O)[N+](C)(C)C)OC(=O)CCCCCCC/C=C/C=C/CCCCCCCCC. The maximum atomic E-state index is 12.7. The lowest BCUT2D eigenvalue weighted by Crippen LogP contribution is -2.50. The van der Waals surface area contributed by atoms with Crippen molar-refractivity contribution in [3.8, 4) is 0 Å². The van der Waals surface area contributed by atoms with Crippen LogP contribution in [0.2, 0.25) is 0 Å². The average molecular weight is 789 g/mol. The number of carbonyl (C=O) groups excluding carboxylic acids is 2. The van der Waals surface area contributed by atoms with E-state index < -0.39 is 18.1 Å². The van der Waals surface area contributed by atoms with Crippen LogP contribution in [0.25, 0.3) is 0 Å². The lowest BCUT2D eigenvalue weighted by molar-refractivity contribution is -0.887. The van der Waals surface area contributed by atoms with Gasteiger partial charge in [-0.1, -0.05) is 152 Å². The number of rotatable bonds is 40. The second-order valence-electron chi connectivity index (χ2n) is 16.3. The van der Waals surface area contributed by atoms with Gasteiger partial charge >= 0.3 is 17.9 Å². The van der Waals surface area contributed by atoms with E-state index in [9.17, 15) is 19.5 Å². The first kappa shape index (κ1) is 53.3. The summed E-state index contributed by atoms with van der Waals surface area (Å²) < 4.78 is 17.3. The molecule has 0 aromatic heterocycles. The van der Waals surface area contributed by atoms with Crippen molar-refractivity contribution in [2.24, 2.45) is 0 Å². The number of quaternary nitrogens is 1. The van der Waals surface area contributed by atoms with Crippen molar-refractivity contribution in [1.82, 2.24) is 0 Å². The van der Waals surface area contributed by atoms with Crippen molar-refractivity contribution < 1.29 is 38.2 Å². The Morgan fingerprint density at radius 2 is 1.05 bits per heavy atom. The van der Waals surface area contributed by atoms with Gasteiger partial charge in [-0.05, 0) is 64.2 Å². The molecule has 0 aromatic rings. The van der Waals surface area contributed by atoms with Gasteiger partial charge in [-0.15, -0.1) is 0 Å². The predicted molar refractivity (Wildman–Crippen MR) is 234 cm³/mol. The molecule has 0 aromatic carbocycles. The van der Waals surface area contributed by atoms with Crippen LogP contribution in [0.5, 0.6) is 0 Å². The van der Waals surface area contributed by atoms with Gasteiger partial charge in [-0.3, -0.25) is 9.59 Å². The van der Waals surface area contributed by atoms with Gasteiger partial charge in [0.15, 0.2) is 12.1 Å². The zero-order valence-electron chi connectivity index (χ0n) is 36.8. The molecule has 0 spiro atoms. The summed E-state index contributed by atoms with van der Waals surface area (Å²) in [4.78, 5) is 37.0. The number of likely N-dealkylation sites (N-methyl/N-ethyl adjacent to an activating group) is 1. The number of carbonyl (C=O) groups is 3. The molecule has 0 fully saturated rings. The Hall–Kier alpha value is -2.71. The Balaban J connectivity index is 4.37. The molecule has 0 aliphatic carbocycles. The minimum Gasteiger partial charge on any atom is -0.477 e. The monoisotopic (exact) mass is 789 g/mol. The van der Waals surface area contributed by atoms with E-state index in [1.54, 1.807) is 0 Å². The summed E-state index contributed by atoms with van der Waals surface area (Å²) in [7, 11) is 5.52. The van der Waals surface area contributed by atoms with Crippen LogP contribution < -0.4 is 0 Å². The fourth-order valence-corrected chi connectivity index (χ4v) is 6.47. The standard InChI is InChI=1S/C48H85NO7/c1-6-8-10-12-14-16-18-20-22-23-24-25-27-29-31-33-35-37-39-47(51)56-44(42-54-41-40-45(48(52)53)49(3,4)5)43-55-46(50)38-36-34-32-30-28-26-21-19-17-15-13-11-9-7-2/h9,11,15,17,22-25,44-45H,6-8,10,12-14,16,18-21,26-43H2,1-5H3/p+1/b11-9+,17-15+,23-22+,25-24+. The number of aliphatic carboxylic acids is 1. The van der Waals surface area contributed by atoms with Crippen molar-refractivity contribution in [2.45, 2.75) is 199 Å². The van der Waals surface area contributed by atoms with Gasteiger partial charge < -0.3 is 23.8 Å². The molecule has 2 atom stereocenters. The third-order valence-corrected chi connectivity index (χ3v) is 9.99. The fraction of sp³-hybridized carbons (Fsp3) is 0.771. The summed E-state index contributed by atoms with van der Waals surface area (Å²) in [6, 6.07) is -0.619. The van der Waals surface area contributed by atoms with E-state index in [2.05, 4.69) is 62.5 Å². The highest BCUT2D eigenvalue weighted by Gasteiger charge is 2.31. The molecule has 0 bridgehead atoms. The van der Waals surface area contributed by atoms with Crippen molar-refractivity contribution in [1.29, 1.82) is 0 Å². The number of allylic oxidation sites excluding steroid dienone is 8. The average Bonchev–Trinajstić information content (AvgIpc) is 3.15. The van der Waals surface area contributed by atoms with Crippen LogP contribution in [0.1, 0.15) is 187 Å². The summed E-state index contributed by atoms with van der Waals surface area (Å²) in [5.74, 6) is -1.50. The minimum atomic E-state index is -0.880. The van der Waals surface area contributed by atoms with Crippen LogP contribution in [0.3, 0.4) is 0 Å². The molecule has 0 saturated carbocycles. The van der Waals surface area contributed by atoms with Gasteiger partial charge in [0.25, 0.3) is 0 Å². The van der Waals surface area contributed by atoms with Crippen LogP contribution in [0.15, 0.2) is 48.6 Å². The maximum Gasteiger partial charge on any atom is 0.362 e. The Morgan fingerprint density at radius 1 is 0.571 bits per heavy atom. The van der Waals surface area contributed by atoms with Crippen LogP contribution in [-0.4, -0.2) is 80.6 Å².